The summed E-state index contributed by atoms with van der Waals surface area (Å²) in [7, 11) is 3.73. The Morgan fingerprint density at radius 2 is 1.86 bits per heavy atom. The van der Waals surface area contributed by atoms with Gasteiger partial charge in [0.2, 0.25) is 6.29 Å². The number of quaternary nitrogens is 1. The molecule has 21 heavy (non-hydrogen) atoms. The summed E-state index contributed by atoms with van der Waals surface area (Å²) in [5.41, 5.74) is -0.182. The fraction of sp³-hybridized carbons (Fsp3) is 0.812. The summed E-state index contributed by atoms with van der Waals surface area (Å²) in [6.07, 6.45) is 3.24. The zero-order valence-electron chi connectivity index (χ0n) is 14.5. The molecule has 0 saturated carbocycles. The fourth-order valence-electron chi connectivity index (χ4n) is 1.57. The van der Waals surface area contributed by atoms with E-state index in [1.165, 1.54) is 6.26 Å². The third kappa shape index (κ3) is 6.48. The van der Waals surface area contributed by atoms with E-state index < -0.39 is 6.29 Å². The lowest BCUT2D eigenvalue weighted by Crippen LogP contribution is -2.60. The van der Waals surface area contributed by atoms with Crippen molar-refractivity contribution in [2.24, 2.45) is 0 Å². The smallest absolute Gasteiger partial charge is 0.502 e. The summed E-state index contributed by atoms with van der Waals surface area (Å²) in [5, 5.41) is 0. The first-order valence-corrected chi connectivity index (χ1v) is 7.58. The minimum Gasteiger partial charge on any atom is -0.502 e. The lowest BCUT2D eigenvalue weighted by atomic mass is 9.98. The van der Waals surface area contributed by atoms with Gasteiger partial charge in [-0.15, -0.1) is 0 Å². The van der Waals surface area contributed by atoms with Crippen molar-refractivity contribution in [1.82, 2.24) is 0 Å². The second-order valence-corrected chi connectivity index (χ2v) is 6.19. The molecule has 0 saturated heterocycles. The quantitative estimate of drug-likeness (QED) is 0.267. The number of ether oxygens (including phenoxy) is 3. The van der Waals surface area contributed by atoms with Crippen LogP contribution in [0.2, 0.25) is 0 Å². The second-order valence-electron chi connectivity index (χ2n) is 6.19. The van der Waals surface area contributed by atoms with Crippen LogP contribution in [0.5, 0.6) is 0 Å². The minimum absolute atomic E-state index is 0.171. The van der Waals surface area contributed by atoms with E-state index in [-0.39, 0.29) is 16.1 Å². The van der Waals surface area contributed by atoms with Crippen molar-refractivity contribution in [3.63, 3.8) is 0 Å². The van der Waals surface area contributed by atoms with Crippen molar-refractivity contribution in [3.8, 4) is 0 Å². The lowest BCUT2D eigenvalue weighted by Gasteiger charge is -2.40. The molecule has 124 valence electrons. The Morgan fingerprint density at radius 3 is 2.38 bits per heavy atom. The normalized spacial score (nSPS) is 13.6. The van der Waals surface area contributed by atoms with Gasteiger partial charge in [-0.25, -0.2) is 4.48 Å². The fourth-order valence-corrected chi connectivity index (χ4v) is 1.57. The van der Waals surface area contributed by atoms with Gasteiger partial charge < -0.3 is 14.2 Å². The Kier molecular flexibility index (Phi) is 8.59. The molecule has 0 aromatic carbocycles. The summed E-state index contributed by atoms with van der Waals surface area (Å²) >= 11 is 0. The van der Waals surface area contributed by atoms with Crippen LogP contribution in [0.4, 0.5) is 4.79 Å². The average Bonchev–Trinajstić information content (AvgIpc) is 2.42. The zero-order chi connectivity index (χ0) is 16.5. The molecule has 5 heteroatoms. The number of rotatable bonds is 10. The van der Waals surface area contributed by atoms with Crippen molar-refractivity contribution in [2.45, 2.75) is 58.8 Å². The lowest BCUT2D eigenvalue weighted by molar-refractivity contribution is -0.869. The van der Waals surface area contributed by atoms with Crippen molar-refractivity contribution >= 4 is 6.09 Å². The molecule has 5 nitrogen and oxygen atoms in total. The molecular formula is C16H32NO4+. The van der Waals surface area contributed by atoms with Crippen molar-refractivity contribution in [1.29, 1.82) is 0 Å². The van der Waals surface area contributed by atoms with E-state index in [2.05, 4.69) is 27.4 Å². The monoisotopic (exact) mass is 302 g/mol. The molecule has 0 aromatic heterocycles. The molecule has 0 aliphatic heterocycles. The van der Waals surface area contributed by atoms with Gasteiger partial charge in [-0.3, -0.25) is 0 Å². The molecular weight excluding hydrogens is 270 g/mol. The van der Waals surface area contributed by atoms with Crippen LogP contribution in [0.3, 0.4) is 0 Å². The molecule has 0 rings (SSSR count). The maximum atomic E-state index is 12.3. The molecule has 0 fully saturated rings. The van der Waals surface area contributed by atoms with Crippen LogP contribution in [0, 0.1) is 0 Å². The number of nitrogens with zero attached hydrogens (tertiary/aromatic N) is 1. The van der Waals surface area contributed by atoms with Gasteiger partial charge in [-0.05, 0) is 40.0 Å². The van der Waals surface area contributed by atoms with E-state index in [1.807, 2.05) is 14.1 Å². The van der Waals surface area contributed by atoms with E-state index in [4.69, 9.17) is 14.2 Å². The van der Waals surface area contributed by atoms with Crippen LogP contribution < -0.4 is 0 Å². The molecule has 1 amide bonds. The highest BCUT2D eigenvalue weighted by Gasteiger charge is 2.43. The third-order valence-electron chi connectivity index (χ3n) is 4.23. The van der Waals surface area contributed by atoms with E-state index in [0.29, 0.717) is 13.2 Å². The topological polar surface area (TPSA) is 44.8 Å². The van der Waals surface area contributed by atoms with Crippen LogP contribution in [-0.4, -0.2) is 49.7 Å². The van der Waals surface area contributed by atoms with Gasteiger partial charge >= 0.3 is 6.09 Å². The highest BCUT2D eigenvalue weighted by Crippen LogP contribution is 2.25. The van der Waals surface area contributed by atoms with E-state index in [1.54, 1.807) is 6.92 Å². The highest BCUT2D eigenvalue weighted by molar-refractivity contribution is 5.60. The van der Waals surface area contributed by atoms with Gasteiger partial charge in [-0.1, -0.05) is 13.5 Å². The number of carbonyl (C=O) groups is 1. The Hall–Kier alpha value is -1.07. The van der Waals surface area contributed by atoms with Crippen LogP contribution in [0.1, 0.15) is 47.0 Å². The van der Waals surface area contributed by atoms with E-state index in [0.717, 1.165) is 19.3 Å². The Labute approximate surface area is 129 Å². The molecule has 0 spiro atoms. The summed E-state index contributed by atoms with van der Waals surface area (Å²) in [6, 6.07) is 0. The number of hydrogen-bond acceptors (Lipinski definition) is 4. The summed E-state index contributed by atoms with van der Waals surface area (Å²) in [4.78, 5) is 12.3. The average molecular weight is 302 g/mol. The van der Waals surface area contributed by atoms with Gasteiger partial charge in [0.25, 0.3) is 0 Å². The van der Waals surface area contributed by atoms with Crippen molar-refractivity contribution in [3.05, 3.63) is 12.8 Å². The standard InChI is InChI=1S/C16H32NO4/c1-8-16(4,5)17(6,7)15(18)21-14(3)20-13-11-10-12-19-9-2/h9,14H,2,8,10-13H2,1,3-7H3/q+1. The number of hydrogen-bond donors (Lipinski definition) is 0. The minimum atomic E-state index is -0.539. The second kappa shape index (κ2) is 9.05. The van der Waals surface area contributed by atoms with Crippen LogP contribution >= 0.6 is 0 Å². The van der Waals surface area contributed by atoms with Gasteiger partial charge in [0.1, 0.15) is 5.54 Å². The number of carbonyl (C=O) groups excluding carboxylic acids is 1. The molecule has 0 aliphatic carbocycles. The molecule has 0 aliphatic rings. The SMILES string of the molecule is C=COCCCCOC(C)OC(=O)[N+](C)(C)C(C)(C)CC. The highest BCUT2D eigenvalue weighted by atomic mass is 16.7. The Morgan fingerprint density at radius 1 is 1.29 bits per heavy atom. The van der Waals surface area contributed by atoms with Crippen LogP contribution in [0.25, 0.3) is 0 Å². The first-order chi connectivity index (χ1) is 9.69. The molecule has 0 radical (unpaired) electrons. The maximum absolute atomic E-state index is 12.3. The predicted octanol–water partition coefficient (Wildman–Crippen LogP) is 3.69. The Balaban J connectivity index is 4.12. The molecule has 0 aromatic rings. The first kappa shape index (κ1) is 19.9. The zero-order valence-corrected chi connectivity index (χ0v) is 14.5. The maximum Gasteiger partial charge on any atom is 0.518 e. The van der Waals surface area contributed by atoms with Gasteiger partial charge in [-0.2, -0.15) is 4.79 Å². The third-order valence-corrected chi connectivity index (χ3v) is 4.23. The largest absolute Gasteiger partial charge is 0.518 e. The number of amides is 1. The summed E-state index contributed by atoms with van der Waals surface area (Å²) in [6.45, 7) is 12.6. The Bertz CT molecular complexity index is 326. The first-order valence-electron chi connectivity index (χ1n) is 7.58. The summed E-state index contributed by atoms with van der Waals surface area (Å²) < 4.78 is 16.1. The summed E-state index contributed by atoms with van der Waals surface area (Å²) in [5.74, 6) is 0. The molecule has 0 bridgehead atoms. The van der Waals surface area contributed by atoms with Crippen molar-refractivity contribution < 1.29 is 23.5 Å². The molecule has 0 N–H and O–H groups in total. The number of unbranched alkanes of at least 4 members (excludes halogenated alkanes) is 1. The van der Waals surface area contributed by atoms with Gasteiger partial charge in [0.05, 0.1) is 33.6 Å². The molecule has 1 atom stereocenters. The van der Waals surface area contributed by atoms with Crippen LogP contribution in [-0.2, 0) is 14.2 Å². The van der Waals surface area contributed by atoms with Gasteiger partial charge in [0.15, 0.2) is 0 Å². The molecule has 0 heterocycles. The predicted molar refractivity (Wildman–Crippen MR) is 83.8 cm³/mol. The van der Waals surface area contributed by atoms with Gasteiger partial charge in [0, 0.05) is 0 Å². The molecule has 1 unspecified atom stereocenters. The van der Waals surface area contributed by atoms with E-state index >= 15 is 0 Å². The van der Waals surface area contributed by atoms with E-state index in [9.17, 15) is 4.79 Å². The van der Waals surface area contributed by atoms with Crippen molar-refractivity contribution in [2.75, 3.05) is 27.3 Å². The van der Waals surface area contributed by atoms with Crippen LogP contribution in [0.15, 0.2) is 12.8 Å².